The largest absolute Gasteiger partial charge is 0.146 e. The van der Waals surface area contributed by atoms with E-state index in [1.54, 1.807) is 5.56 Å². The van der Waals surface area contributed by atoms with Gasteiger partial charge in [-0.05, 0) is 5.56 Å². The SMILES string of the molecule is C1=CC2SC2(c2ccccc2)C2SC12. The molecule has 4 rings (SSSR count). The molecule has 0 N–H and O–H groups in total. The lowest BCUT2D eigenvalue weighted by Gasteiger charge is -2.15. The van der Waals surface area contributed by atoms with Crippen molar-refractivity contribution in [2.45, 2.75) is 20.5 Å². The number of fused-ring (bicyclic) bond motifs is 3. The quantitative estimate of drug-likeness (QED) is 0.525. The van der Waals surface area contributed by atoms with Gasteiger partial charge in [-0.1, -0.05) is 42.5 Å². The number of benzene rings is 1. The van der Waals surface area contributed by atoms with Crippen molar-refractivity contribution in [2.75, 3.05) is 0 Å². The minimum Gasteiger partial charge on any atom is -0.146 e. The molecule has 2 heterocycles. The minimum atomic E-state index is 0.464. The standard InChI is InChI=1S/C12H10S2/c1-2-4-8(5-3-1)12-10(14-12)7-6-9-11(12)13-9/h1-7,9-11H. The zero-order chi connectivity index (χ0) is 9.17. The second-order valence-corrected chi connectivity index (χ2v) is 6.85. The number of rotatable bonds is 1. The van der Waals surface area contributed by atoms with Gasteiger partial charge in [0.15, 0.2) is 0 Å². The maximum Gasteiger partial charge on any atom is 0.0700 e. The molecule has 1 aromatic carbocycles. The van der Waals surface area contributed by atoms with Crippen LogP contribution in [0.25, 0.3) is 0 Å². The van der Waals surface area contributed by atoms with Crippen molar-refractivity contribution >= 4 is 23.5 Å². The van der Waals surface area contributed by atoms with Crippen LogP contribution in [-0.4, -0.2) is 15.7 Å². The number of hydrogen-bond donors (Lipinski definition) is 0. The third-order valence-corrected chi connectivity index (χ3v) is 6.54. The first-order chi connectivity index (χ1) is 6.91. The molecule has 2 fully saturated rings. The summed E-state index contributed by atoms with van der Waals surface area (Å²) in [6.07, 6.45) is 4.82. The van der Waals surface area contributed by atoms with E-state index < -0.39 is 0 Å². The van der Waals surface area contributed by atoms with Gasteiger partial charge in [-0.25, -0.2) is 0 Å². The molecular formula is C12H10S2. The molecule has 4 unspecified atom stereocenters. The molecule has 2 saturated heterocycles. The third kappa shape index (κ3) is 0.842. The summed E-state index contributed by atoms with van der Waals surface area (Å²) in [5, 5.41) is 2.45. The van der Waals surface area contributed by atoms with Crippen LogP contribution >= 0.6 is 23.5 Å². The molecule has 70 valence electrons. The highest BCUT2D eigenvalue weighted by Crippen LogP contribution is 2.75. The zero-order valence-corrected chi connectivity index (χ0v) is 9.22. The molecule has 4 atom stereocenters. The van der Waals surface area contributed by atoms with Crippen molar-refractivity contribution in [3.05, 3.63) is 48.0 Å². The Labute approximate surface area is 92.2 Å². The molecule has 0 spiro atoms. The minimum absolute atomic E-state index is 0.464. The lowest BCUT2D eigenvalue weighted by atomic mass is 9.88. The summed E-state index contributed by atoms with van der Waals surface area (Å²) in [6, 6.07) is 11.0. The lowest BCUT2D eigenvalue weighted by molar-refractivity contribution is 0.716. The molecule has 14 heavy (non-hydrogen) atoms. The van der Waals surface area contributed by atoms with Gasteiger partial charge in [0.1, 0.15) is 0 Å². The molecule has 0 radical (unpaired) electrons. The fourth-order valence-corrected chi connectivity index (χ4v) is 5.67. The van der Waals surface area contributed by atoms with E-state index in [1.165, 1.54) is 0 Å². The van der Waals surface area contributed by atoms with Crippen LogP contribution in [0.5, 0.6) is 0 Å². The maximum atomic E-state index is 2.42. The Morgan fingerprint density at radius 3 is 2.79 bits per heavy atom. The van der Waals surface area contributed by atoms with Crippen LogP contribution in [0.2, 0.25) is 0 Å². The van der Waals surface area contributed by atoms with Crippen LogP contribution in [0.1, 0.15) is 5.56 Å². The summed E-state index contributed by atoms with van der Waals surface area (Å²) in [4.78, 5) is 0. The van der Waals surface area contributed by atoms with Gasteiger partial charge < -0.3 is 0 Å². The smallest absolute Gasteiger partial charge is 0.0700 e. The van der Waals surface area contributed by atoms with Crippen molar-refractivity contribution in [3.63, 3.8) is 0 Å². The highest BCUT2D eigenvalue weighted by molar-refractivity contribution is 8.13. The van der Waals surface area contributed by atoms with Crippen LogP contribution in [-0.2, 0) is 4.75 Å². The monoisotopic (exact) mass is 218 g/mol. The Balaban J connectivity index is 1.83. The molecular weight excluding hydrogens is 208 g/mol. The average molecular weight is 218 g/mol. The second-order valence-electron chi connectivity index (χ2n) is 4.10. The normalized spacial score (nSPS) is 46.7. The maximum absolute atomic E-state index is 2.42. The lowest BCUT2D eigenvalue weighted by Crippen LogP contribution is -2.22. The summed E-state index contributed by atoms with van der Waals surface area (Å²) in [5.41, 5.74) is 1.54. The van der Waals surface area contributed by atoms with Crippen molar-refractivity contribution in [2.24, 2.45) is 0 Å². The van der Waals surface area contributed by atoms with Gasteiger partial charge in [0.25, 0.3) is 0 Å². The molecule has 0 nitrogen and oxygen atoms in total. The van der Waals surface area contributed by atoms with Crippen molar-refractivity contribution in [3.8, 4) is 0 Å². The topological polar surface area (TPSA) is 0 Å². The summed E-state index contributed by atoms with van der Waals surface area (Å²) >= 11 is 4.28. The fraction of sp³-hybridized carbons (Fsp3) is 0.333. The molecule has 0 aromatic heterocycles. The Bertz CT molecular complexity index is 412. The van der Waals surface area contributed by atoms with Crippen LogP contribution in [0.3, 0.4) is 0 Å². The zero-order valence-electron chi connectivity index (χ0n) is 7.59. The summed E-state index contributed by atoms with van der Waals surface area (Å²) in [7, 11) is 0. The summed E-state index contributed by atoms with van der Waals surface area (Å²) in [5.74, 6) is 0. The van der Waals surface area contributed by atoms with Crippen molar-refractivity contribution < 1.29 is 0 Å². The first kappa shape index (κ1) is 7.89. The van der Waals surface area contributed by atoms with E-state index in [9.17, 15) is 0 Å². The molecule has 2 aliphatic heterocycles. The van der Waals surface area contributed by atoms with Gasteiger partial charge >= 0.3 is 0 Å². The van der Waals surface area contributed by atoms with E-state index >= 15 is 0 Å². The predicted octanol–water partition coefficient (Wildman–Crippen LogP) is 3.05. The molecule has 0 saturated carbocycles. The Morgan fingerprint density at radius 2 is 1.93 bits per heavy atom. The van der Waals surface area contributed by atoms with E-state index in [0.29, 0.717) is 4.75 Å². The summed E-state index contributed by atoms with van der Waals surface area (Å²) in [6.45, 7) is 0. The average Bonchev–Trinajstić information content (AvgIpc) is 3.11. The highest BCUT2D eigenvalue weighted by atomic mass is 32.2. The van der Waals surface area contributed by atoms with E-state index in [-0.39, 0.29) is 0 Å². The van der Waals surface area contributed by atoms with Gasteiger partial charge in [0, 0.05) is 15.7 Å². The van der Waals surface area contributed by atoms with Gasteiger partial charge in [-0.15, -0.1) is 23.5 Å². The number of thioether (sulfide) groups is 2. The highest BCUT2D eigenvalue weighted by Gasteiger charge is 2.69. The third-order valence-electron chi connectivity index (χ3n) is 3.34. The molecule has 1 aliphatic carbocycles. The Kier molecular flexibility index (Phi) is 1.36. The molecule has 1 aromatic rings. The predicted molar refractivity (Wildman–Crippen MR) is 63.8 cm³/mol. The molecule has 0 amide bonds. The van der Waals surface area contributed by atoms with E-state index in [1.807, 2.05) is 0 Å². The van der Waals surface area contributed by atoms with E-state index in [2.05, 4.69) is 66.0 Å². The second kappa shape index (κ2) is 2.42. The van der Waals surface area contributed by atoms with E-state index in [0.717, 1.165) is 15.7 Å². The van der Waals surface area contributed by atoms with Crippen LogP contribution < -0.4 is 0 Å². The number of hydrogen-bond acceptors (Lipinski definition) is 2. The first-order valence-corrected chi connectivity index (χ1v) is 6.81. The molecule has 0 bridgehead atoms. The Hall–Kier alpha value is -0.340. The first-order valence-electron chi connectivity index (χ1n) is 4.98. The summed E-state index contributed by atoms with van der Waals surface area (Å²) < 4.78 is 0.464. The molecule has 3 aliphatic rings. The van der Waals surface area contributed by atoms with Gasteiger partial charge in [0.05, 0.1) is 4.75 Å². The van der Waals surface area contributed by atoms with Crippen molar-refractivity contribution in [1.82, 2.24) is 0 Å². The van der Waals surface area contributed by atoms with Crippen LogP contribution in [0, 0.1) is 0 Å². The van der Waals surface area contributed by atoms with Gasteiger partial charge in [-0.3, -0.25) is 0 Å². The van der Waals surface area contributed by atoms with Gasteiger partial charge in [0.2, 0.25) is 0 Å². The van der Waals surface area contributed by atoms with Crippen molar-refractivity contribution in [1.29, 1.82) is 0 Å². The van der Waals surface area contributed by atoms with Crippen LogP contribution in [0.15, 0.2) is 42.5 Å². The molecule has 2 heteroatoms. The Morgan fingerprint density at radius 1 is 1.07 bits per heavy atom. The fourth-order valence-electron chi connectivity index (χ4n) is 2.51. The van der Waals surface area contributed by atoms with E-state index in [4.69, 9.17) is 0 Å². The van der Waals surface area contributed by atoms with Gasteiger partial charge in [-0.2, -0.15) is 0 Å². The van der Waals surface area contributed by atoms with Crippen LogP contribution in [0.4, 0.5) is 0 Å².